The molecule has 17 heavy (non-hydrogen) atoms. The number of rotatable bonds is 5. The highest BCUT2D eigenvalue weighted by Gasteiger charge is 2.28. The van der Waals surface area contributed by atoms with Crippen molar-refractivity contribution < 1.29 is 18.3 Å². The fraction of sp³-hybridized carbons (Fsp3) is 0.455. The maximum Gasteiger partial charge on any atom is 0.181 e. The van der Waals surface area contributed by atoms with Crippen molar-refractivity contribution in [1.29, 1.82) is 0 Å². The Hall–Kier alpha value is -1.11. The Morgan fingerprint density at radius 2 is 1.88 bits per heavy atom. The number of methoxy groups -OCH3 is 1. The maximum atomic E-state index is 11.9. The second kappa shape index (κ2) is 5.03. The van der Waals surface area contributed by atoms with Crippen LogP contribution in [-0.4, -0.2) is 38.5 Å². The lowest BCUT2D eigenvalue weighted by molar-refractivity contribution is 0.0930. The Balaban J connectivity index is 2.97. The Morgan fingerprint density at radius 3 is 2.29 bits per heavy atom. The molecule has 1 rings (SSSR count). The highest BCUT2D eigenvalue weighted by atomic mass is 32.2. The molecule has 0 fully saturated rings. The van der Waals surface area contributed by atoms with Crippen LogP contribution in [0.3, 0.4) is 0 Å². The first-order chi connectivity index (χ1) is 7.80. The Bertz CT molecular complexity index is 465. The summed E-state index contributed by atoms with van der Waals surface area (Å²) in [6, 6.07) is 6.01. The van der Waals surface area contributed by atoms with E-state index >= 15 is 0 Å². The molecule has 5 nitrogen and oxygen atoms in total. The fourth-order valence-corrected chi connectivity index (χ4v) is 2.99. The molecule has 0 amide bonds. The summed E-state index contributed by atoms with van der Waals surface area (Å²) in [7, 11) is -2.04. The van der Waals surface area contributed by atoms with Gasteiger partial charge in [-0.25, -0.2) is 8.42 Å². The van der Waals surface area contributed by atoms with Crippen LogP contribution in [0, 0.1) is 0 Å². The van der Waals surface area contributed by atoms with Gasteiger partial charge in [-0.3, -0.25) is 0 Å². The first kappa shape index (κ1) is 14.0. The van der Waals surface area contributed by atoms with Crippen LogP contribution in [-0.2, 0) is 9.84 Å². The number of hydrogen-bond donors (Lipinski definition) is 2. The van der Waals surface area contributed by atoms with Crippen LogP contribution in [0.2, 0.25) is 0 Å². The van der Waals surface area contributed by atoms with Crippen LogP contribution in [0.1, 0.15) is 6.92 Å². The molecule has 0 aromatic heterocycles. The predicted molar refractivity (Wildman–Crippen MR) is 64.7 cm³/mol. The van der Waals surface area contributed by atoms with Crippen molar-refractivity contribution in [3.05, 3.63) is 24.3 Å². The highest BCUT2D eigenvalue weighted by molar-refractivity contribution is 7.91. The minimum Gasteiger partial charge on any atom is -0.497 e. The molecule has 6 heteroatoms. The molecular formula is C11H17NO4S. The lowest BCUT2D eigenvalue weighted by Crippen LogP contribution is -2.41. The van der Waals surface area contributed by atoms with E-state index in [4.69, 9.17) is 10.5 Å². The number of hydrogen-bond acceptors (Lipinski definition) is 5. The van der Waals surface area contributed by atoms with Crippen molar-refractivity contribution >= 4 is 9.84 Å². The van der Waals surface area contributed by atoms with Gasteiger partial charge >= 0.3 is 0 Å². The minimum atomic E-state index is -3.54. The normalized spacial score (nSPS) is 15.3. The van der Waals surface area contributed by atoms with Crippen LogP contribution in [0.4, 0.5) is 0 Å². The van der Waals surface area contributed by atoms with E-state index in [0.717, 1.165) is 0 Å². The average Bonchev–Trinajstić information content (AvgIpc) is 2.28. The third kappa shape index (κ3) is 3.69. The Labute approximate surface area is 101 Å². The summed E-state index contributed by atoms with van der Waals surface area (Å²) in [4.78, 5) is 0.145. The topological polar surface area (TPSA) is 89.6 Å². The molecule has 0 bridgehead atoms. The number of nitrogens with two attached hydrogens (primary N) is 1. The van der Waals surface area contributed by atoms with E-state index in [1.807, 2.05) is 0 Å². The summed E-state index contributed by atoms with van der Waals surface area (Å²) in [5.74, 6) is 0.178. The van der Waals surface area contributed by atoms with Crippen LogP contribution < -0.4 is 10.5 Å². The predicted octanol–water partition coefficient (Wildman–Crippen LogP) is 0.179. The molecule has 1 atom stereocenters. The largest absolute Gasteiger partial charge is 0.497 e. The van der Waals surface area contributed by atoms with Gasteiger partial charge in [-0.05, 0) is 31.2 Å². The van der Waals surface area contributed by atoms with Crippen molar-refractivity contribution in [1.82, 2.24) is 0 Å². The van der Waals surface area contributed by atoms with Gasteiger partial charge in [0, 0.05) is 6.54 Å². The van der Waals surface area contributed by atoms with Crippen molar-refractivity contribution in [2.24, 2.45) is 5.73 Å². The van der Waals surface area contributed by atoms with Gasteiger partial charge in [0.25, 0.3) is 0 Å². The van der Waals surface area contributed by atoms with Gasteiger partial charge in [-0.2, -0.15) is 0 Å². The van der Waals surface area contributed by atoms with Crippen LogP contribution >= 0.6 is 0 Å². The third-order valence-electron chi connectivity index (χ3n) is 2.36. The second-order valence-corrected chi connectivity index (χ2v) is 6.13. The highest BCUT2D eigenvalue weighted by Crippen LogP contribution is 2.19. The maximum absolute atomic E-state index is 11.9. The molecular weight excluding hydrogens is 242 g/mol. The SMILES string of the molecule is COc1ccc(S(=O)(=O)C[C@](C)(O)CN)cc1. The molecule has 0 unspecified atom stereocenters. The molecule has 3 N–H and O–H groups in total. The molecule has 0 spiro atoms. The fourth-order valence-electron chi connectivity index (χ4n) is 1.33. The number of sulfone groups is 1. The summed E-state index contributed by atoms with van der Waals surface area (Å²) < 4.78 is 28.8. The number of ether oxygens (including phenoxy) is 1. The number of aliphatic hydroxyl groups is 1. The van der Waals surface area contributed by atoms with Crippen molar-refractivity contribution in [3.8, 4) is 5.75 Å². The minimum absolute atomic E-state index is 0.109. The molecule has 1 aromatic carbocycles. The van der Waals surface area contributed by atoms with Gasteiger partial charge in [0.2, 0.25) is 0 Å². The van der Waals surface area contributed by atoms with Crippen molar-refractivity contribution in [2.75, 3.05) is 19.4 Å². The quantitative estimate of drug-likeness (QED) is 0.787. The summed E-state index contributed by atoms with van der Waals surface area (Å²) in [5, 5.41) is 9.69. The summed E-state index contributed by atoms with van der Waals surface area (Å²) in [6.07, 6.45) is 0. The van der Waals surface area contributed by atoms with E-state index in [9.17, 15) is 13.5 Å². The lowest BCUT2D eigenvalue weighted by Gasteiger charge is -2.20. The van der Waals surface area contributed by atoms with Gasteiger partial charge in [-0.15, -0.1) is 0 Å². The monoisotopic (exact) mass is 259 g/mol. The van der Waals surface area contributed by atoms with Gasteiger partial charge in [0.15, 0.2) is 9.84 Å². The Morgan fingerprint density at radius 1 is 1.35 bits per heavy atom. The second-order valence-electron chi connectivity index (χ2n) is 4.14. The molecule has 0 saturated carbocycles. The molecule has 0 radical (unpaired) electrons. The van der Waals surface area contributed by atoms with Crippen molar-refractivity contribution in [2.45, 2.75) is 17.4 Å². The van der Waals surface area contributed by atoms with Gasteiger partial charge in [0.05, 0.1) is 23.4 Å². The standard InChI is InChI=1S/C11H17NO4S/c1-11(13,7-12)8-17(14,15)10-5-3-9(16-2)4-6-10/h3-6,13H,7-8,12H2,1-2H3/t11-/m1/s1. The zero-order chi connectivity index (χ0) is 13.1. The van der Waals surface area contributed by atoms with E-state index < -0.39 is 21.2 Å². The van der Waals surface area contributed by atoms with E-state index in [1.54, 1.807) is 12.1 Å². The number of benzene rings is 1. The van der Waals surface area contributed by atoms with E-state index in [1.165, 1.54) is 26.2 Å². The molecule has 0 aliphatic rings. The van der Waals surface area contributed by atoms with Crippen molar-refractivity contribution in [3.63, 3.8) is 0 Å². The van der Waals surface area contributed by atoms with Gasteiger partial charge < -0.3 is 15.6 Å². The summed E-state index contributed by atoms with van der Waals surface area (Å²) in [6.45, 7) is 1.29. The molecule has 1 aromatic rings. The Kier molecular flexibility index (Phi) is 4.13. The molecule has 0 aliphatic heterocycles. The average molecular weight is 259 g/mol. The van der Waals surface area contributed by atoms with Crippen LogP contribution in [0.15, 0.2) is 29.2 Å². The third-order valence-corrected chi connectivity index (χ3v) is 4.35. The van der Waals surface area contributed by atoms with Crippen LogP contribution in [0.25, 0.3) is 0 Å². The smallest absolute Gasteiger partial charge is 0.181 e. The van der Waals surface area contributed by atoms with Crippen LogP contribution in [0.5, 0.6) is 5.75 Å². The molecule has 0 aliphatic carbocycles. The van der Waals surface area contributed by atoms with E-state index in [2.05, 4.69) is 0 Å². The van der Waals surface area contributed by atoms with Gasteiger partial charge in [-0.1, -0.05) is 0 Å². The first-order valence-corrected chi connectivity index (χ1v) is 6.75. The molecule has 96 valence electrons. The molecule has 0 heterocycles. The first-order valence-electron chi connectivity index (χ1n) is 5.10. The summed E-state index contributed by atoms with van der Waals surface area (Å²) in [5.41, 5.74) is 3.88. The zero-order valence-corrected chi connectivity index (χ0v) is 10.7. The lowest BCUT2D eigenvalue weighted by atomic mass is 10.1. The van der Waals surface area contributed by atoms with E-state index in [-0.39, 0.29) is 11.4 Å². The summed E-state index contributed by atoms with van der Waals surface area (Å²) >= 11 is 0. The zero-order valence-electron chi connectivity index (χ0n) is 9.88. The van der Waals surface area contributed by atoms with E-state index in [0.29, 0.717) is 5.75 Å². The molecule has 0 saturated heterocycles. The van der Waals surface area contributed by atoms with Gasteiger partial charge in [0.1, 0.15) is 5.75 Å².